The first-order valence-electron chi connectivity index (χ1n) is 6.58. The van der Waals surface area contributed by atoms with Gasteiger partial charge in [-0.3, -0.25) is 4.68 Å². The van der Waals surface area contributed by atoms with E-state index in [9.17, 15) is 0 Å². The van der Waals surface area contributed by atoms with Gasteiger partial charge in [0.2, 0.25) is 0 Å². The van der Waals surface area contributed by atoms with E-state index in [0.29, 0.717) is 5.78 Å². The molecule has 0 saturated carbocycles. The van der Waals surface area contributed by atoms with Crippen molar-refractivity contribution in [1.82, 2.24) is 29.4 Å². The Morgan fingerprint density at radius 2 is 2.10 bits per heavy atom. The molecule has 0 unspecified atom stereocenters. The molecule has 7 heteroatoms. The van der Waals surface area contributed by atoms with Gasteiger partial charge in [-0.1, -0.05) is 0 Å². The fourth-order valence-corrected chi connectivity index (χ4v) is 2.14. The summed E-state index contributed by atoms with van der Waals surface area (Å²) in [7, 11) is 0. The van der Waals surface area contributed by atoms with Crippen LogP contribution in [0.4, 0.5) is 5.82 Å². The maximum atomic E-state index is 4.33. The SMILES string of the molecule is Cc1cc(N[C@H](C)[C@H](C)n2cccn2)n2ncnc2n1. The van der Waals surface area contributed by atoms with Crippen molar-refractivity contribution >= 4 is 11.6 Å². The summed E-state index contributed by atoms with van der Waals surface area (Å²) in [4.78, 5) is 8.46. The van der Waals surface area contributed by atoms with E-state index < -0.39 is 0 Å². The zero-order chi connectivity index (χ0) is 14.1. The summed E-state index contributed by atoms with van der Waals surface area (Å²) in [5, 5.41) is 11.9. The van der Waals surface area contributed by atoms with Crippen LogP contribution in [0.5, 0.6) is 0 Å². The summed E-state index contributed by atoms with van der Waals surface area (Å²) >= 11 is 0. The number of nitrogens with one attached hydrogen (secondary N) is 1. The van der Waals surface area contributed by atoms with Crippen molar-refractivity contribution in [2.45, 2.75) is 32.9 Å². The number of hydrogen-bond acceptors (Lipinski definition) is 5. The molecule has 0 aliphatic heterocycles. The van der Waals surface area contributed by atoms with Crippen LogP contribution < -0.4 is 5.32 Å². The molecule has 104 valence electrons. The zero-order valence-electron chi connectivity index (χ0n) is 11.7. The topological polar surface area (TPSA) is 72.9 Å². The lowest BCUT2D eigenvalue weighted by molar-refractivity contribution is 0.442. The summed E-state index contributed by atoms with van der Waals surface area (Å²) in [6, 6.07) is 4.30. The molecule has 3 aromatic rings. The standard InChI is InChI=1S/C13H17N7/c1-9-7-12(20-13(17-9)14-8-16-20)18-10(2)11(3)19-6-4-5-15-19/h4-8,10-11,18H,1-3H3/t10-,11+/m1/s1. The van der Waals surface area contributed by atoms with Crippen LogP contribution in [-0.2, 0) is 0 Å². The van der Waals surface area contributed by atoms with Gasteiger partial charge in [0.05, 0.1) is 6.04 Å². The molecule has 7 nitrogen and oxygen atoms in total. The minimum atomic E-state index is 0.184. The first-order valence-corrected chi connectivity index (χ1v) is 6.58. The molecule has 20 heavy (non-hydrogen) atoms. The van der Waals surface area contributed by atoms with E-state index in [4.69, 9.17) is 0 Å². The van der Waals surface area contributed by atoms with Crippen molar-refractivity contribution in [2.75, 3.05) is 5.32 Å². The van der Waals surface area contributed by atoms with Gasteiger partial charge in [-0.25, -0.2) is 4.98 Å². The predicted molar refractivity (Wildman–Crippen MR) is 75.5 cm³/mol. The summed E-state index contributed by atoms with van der Waals surface area (Å²) in [6.45, 7) is 6.18. The summed E-state index contributed by atoms with van der Waals surface area (Å²) < 4.78 is 3.64. The average Bonchev–Trinajstić information content (AvgIpc) is 3.08. The molecular formula is C13H17N7. The number of aryl methyl sites for hydroxylation is 1. The molecular weight excluding hydrogens is 254 g/mol. The van der Waals surface area contributed by atoms with Crippen molar-refractivity contribution in [2.24, 2.45) is 0 Å². The molecule has 0 spiro atoms. The number of nitrogens with zero attached hydrogens (tertiary/aromatic N) is 6. The molecule has 0 radical (unpaired) electrons. The monoisotopic (exact) mass is 271 g/mol. The van der Waals surface area contributed by atoms with E-state index >= 15 is 0 Å². The fourth-order valence-electron chi connectivity index (χ4n) is 2.14. The number of rotatable bonds is 4. The minimum Gasteiger partial charge on any atom is -0.365 e. The third-order valence-electron chi connectivity index (χ3n) is 3.42. The van der Waals surface area contributed by atoms with Crippen LogP contribution in [0, 0.1) is 6.92 Å². The zero-order valence-corrected chi connectivity index (χ0v) is 11.7. The predicted octanol–water partition coefficient (Wildman–Crippen LogP) is 1.69. The Labute approximate surface area is 116 Å². The third-order valence-corrected chi connectivity index (χ3v) is 3.42. The van der Waals surface area contributed by atoms with Gasteiger partial charge in [-0.2, -0.15) is 19.7 Å². The Morgan fingerprint density at radius 3 is 2.85 bits per heavy atom. The van der Waals surface area contributed by atoms with Gasteiger partial charge in [0.25, 0.3) is 5.78 Å². The van der Waals surface area contributed by atoms with Gasteiger partial charge in [-0.05, 0) is 26.8 Å². The van der Waals surface area contributed by atoms with Crippen molar-refractivity contribution in [3.63, 3.8) is 0 Å². The van der Waals surface area contributed by atoms with E-state index in [1.54, 1.807) is 10.7 Å². The first kappa shape index (κ1) is 12.6. The van der Waals surface area contributed by atoms with Crippen LogP contribution in [0.1, 0.15) is 25.6 Å². The quantitative estimate of drug-likeness (QED) is 0.781. The molecule has 1 N–H and O–H groups in total. The molecule has 0 aliphatic rings. The molecule has 0 fully saturated rings. The fraction of sp³-hybridized carbons (Fsp3) is 0.385. The maximum absolute atomic E-state index is 4.33. The van der Waals surface area contributed by atoms with Gasteiger partial charge >= 0.3 is 0 Å². The van der Waals surface area contributed by atoms with Gasteiger partial charge in [0.1, 0.15) is 12.1 Å². The van der Waals surface area contributed by atoms with Gasteiger partial charge < -0.3 is 5.32 Å². The highest BCUT2D eigenvalue weighted by Gasteiger charge is 2.16. The molecule has 2 atom stereocenters. The van der Waals surface area contributed by atoms with Crippen LogP contribution in [0.15, 0.2) is 30.9 Å². The molecule has 0 saturated heterocycles. The molecule has 0 aliphatic carbocycles. The summed E-state index contributed by atoms with van der Waals surface area (Å²) in [6.07, 6.45) is 5.26. The molecule has 0 bridgehead atoms. The maximum Gasteiger partial charge on any atom is 0.254 e. The van der Waals surface area contributed by atoms with Crippen LogP contribution in [0.2, 0.25) is 0 Å². The highest BCUT2D eigenvalue weighted by Crippen LogP contribution is 2.16. The Kier molecular flexibility index (Phi) is 3.09. The molecule has 3 aromatic heterocycles. The first-order chi connectivity index (χ1) is 9.65. The summed E-state index contributed by atoms with van der Waals surface area (Å²) in [5.41, 5.74) is 0.909. The smallest absolute Gasteiger partial charge is 0.254 e. The van der Waals surface area contributed by atoms with Crippen molar-refractivity contribution < 1.29 is 0 Å². The van der Waals surface area contributed by atoms with Crippen LogP contribution in [0.3, 0.4) is 0 Å². The van der Waals surface area contributed by atoms with E-state index in [2.05, 4.69) is 39.3 Å². The second-order valence-electron chi connectivity index (χ2n) is 4.91. The number of fused-ring (bicyclic) bond motifs is 1. The number of anilines is 1. The van der Waals surface area contributed by atoms with E-state index in [-0.39, 0.29) is 12.1 Å². The Hall–Kier alpha value is -2.44. The van der Waals surface area contributed by atoms with Gasteiger partial charge in [0.15, 0.2) is 0 Å². The van der Waals surface area contributed by atoms with Crippen molar-refractivity contribution in [3.8, 4) is 0 Å². The normalized spacial score (nSPS) is 14.3. The Balaban J connectivity index is 1.87. The van der Waals surface area contributed by atoms with Crippen LogP contribution in [-0.4, -0.2) is 35.4 Å². The highest BCUT2D eigenvalue weighted by atomic mass is 15.4. The Morgan fingerprint density at radius 1 is 1.25 bits per heavy atom. The summed E-state index contributed by atoms with van der Waals surface area (Å²) in [5.74, 6) is 1.49. The van der Waals surface area contributed by atoms with Crippen molar-refractivity contribution in [1.29, 1.82) is 0 Å². The van der Waals surface area contributed by atoms with E-state index in [1.807, 2.05) is 29.9 Å². The largest absolute Gasteiger partial charge is 0.365 e. The molecule has 3 heterocycles. The van der Waals surface area contributed by atoms with Crippen LogP contribution >= 0.6 is 0 Å². The van der Waals surface area contributed by atoms with Gasteiger partial charge in [0, 0.05) is 30.2 Å². The second kappa shape index (κ2) is 4.92. The molecule has 3 rings (SSSR count). The number of aromatic nitrogens is 6. The minimum absolute atomic E-state index is 0.184. The third kappa shape index (κ3) is 2.22. The van der Waals surface area contributed by atoms with E-state index in [0.717, 1.165) is 11.5 Å². The van der Waals surface area contributed by atoms with E-state index in [1.165, 1.54) is 6.33 Å². The second-order valence-corrected chi connectivity index (χ2v) is 4.91. The Bertz CT molecular complexity index is 701. The highest BCUT2D eigenvalue weighted by molar-refractivity contribution is 5.45. The lowest BCUT2D eigenvalue weighted by atomic mass is 10.2. The number of hydrogen-bond donors (Lipinski definition) is 1. The van der Waals surface area contributed by atoms with Crippen molar-refractivity contribution in [3.05, 3.63) is 36.5 Å². The average molecular weight is 271 g/mol. The van der Waals surface area contributed by atoms with Crippen LogP contribution in [0.25, 0.3) is 5.78 Å². The lowest BCUT2D eigenvalue weighted by Gasteiger charge is -2.23. The van der Waals surface area contributed by atoms with Gasteiger partial charge in [-0.15, -0.1) is 0 Å². The molecule has 0 amide bonds. The lowest BCUT2D eigenvalue weighted by Crippen LogP contribution is -2.28. The molecule has 0 aromatic carbocycles.